The summed E-state index contributed by atoms with van der Waals surface area (Å²) in [4.78, 5) is 29.0. The molecule has 0 atom stereocenters. The number of thiophene rings is 1. The topological polar surface area (TPSA) is 114 Å². The van der Waals surface area contributed by atoms with E-state index in [2.05, 4.69) is 20.5 Å². The van der Waals surface area contributed by atoms with E-state index in [0.717, 1.165) is 17.2 Å². The van der Waals surface area contributed by atoms with Crippen molar-refractivity contribution in [2.75, 3.05) is 5.32 Å². The van der Waals surface area contributed by atoms with Crippen LogP contribution in [0.15, 0.2) is 66.7 Å². The molecular formula is C26H18F3N5O2S. The standard InChI is InChI=1S/C26H18F3N5O2S/c1-13-7-9-15(10-8-13)17-12-18(34-33-17)24(36)32-21-20-16(14-5-3-2-4-6-14)11-19(26(27,28)29)31-25(20)37-22(21)23(30)35/h2-12H,1H3,(H2,30,35)(H,32,36)(H,33,34). The molecule has 5 rings (SSSR count). The third-order valence-electron chi connectivity index (χ3n) is 5.67. The van der Waals surface area contributed by atoms with Gasteiger partial charge in [0.2, 0.25) is 0 Å². The van der Waals surface area contributed by atoms with Gasteiger partial charge in [0.25, 0.3) is 11.8 Å². The number of carbonyl (C=O) groups excluding carboxylic acids is 2. The Morgan fingerprint density at radius 1 is 1.00 bits per heavy atom. The minimum absolute atomic E-state index is 0.0101. The second-order valence-corrected chi connectivity index (χ2v) is 9.26. The van der Waals surface area contributed by atoms with Crippen molar-refractivity contribution in [1.29, 1.82) is 0 Å². The quantitative estimate of drug-likeness (QED) is 0.262. The molecule has 186 valence electrons. The summed E-state index contributed by atoms with van der Waals surface area (Å²) in [6, 6.07) is 18.3. The van der Waals surface area contributed by atoms with E-state index in [1.54, 1.807) is 30.3 Å². The number of hydrogen-bond donors (Lipinski definition) is 3. The van der Waals surface area contributed by atoms with Crippen LogP contribution in [0.2, 0.25) is 0 Å². The Labute approximate surface area is 212 Å². The summed E-state index contributed by atoms with van der Waals surface area (Å²) in [6.07, 6.45) is -4.72. The number of nitrogens with one attached hydrogen (secondary N) is 2. The van der Waals surface area contributed by atoms with Crippen molar-refractivity contribution < 1.29 is 22.8 Å². The summed E-state index contributed by atoms with van der Waals surface area (Å²) >= 11 is 0.685. The maximum atomic E-state index is 13.6. The van der Waals surface area contributed by atoms with Gasteiger partial charge in [0.1, 0.15) is 21.1 Å². The normalized spacial score (nSPS) is 11.6. The Kier molecular flexibility index (Phi) is 6.00. The molecule has 4 N–H and O–H groups in total. The molecule has 0 radical (unpaired) electrons. The van der Waals surface area contributed by atoms with Crippen LogP contribution in [-0.2, 0) is 6.18 Å². The number of nitrogens with two attached hydrogens (primary N) is 1. The SMILES string of the molecule is Cc1ccc(-c2cc(C(=O)Nc3c(C(N)=O)sc4nc(C(F)(F)F)cc(-c5ccccc5)c34)[nH]n2)cc1. The van der Waals surface area contributed by atoms with Crippen LogP contribution in [-0.4, -0.2) is 27.0 Å². The van der Waals surface area contributed by atoms with Gasteiger partial charge >= 0.3 is 6.18 Å². The number of carbonyl (C=O) groups is 2. The first-order chi connectivity index (χ1) is 17.6. The van der Waals surface area contributed by atoms with Gasteiger partial charge in [0.05, 0.1) is 11.4 Å². The molecule has 0 aliphatic rings. The van der Waals surface area contributed by atoms with Crippen LogP contribution in [0.1, 0.15) is 31.4 Å². The number of H-pyrrole nitrogens is 1. The highest BCUT2D eigenvalue weighted by Gasteiger charge is 2.35. The van der Waals surface area contributed by atoms with E-state index in [1.165, 1.54) is 6.07 Å². The number of primary amides is 1. The van der Waals surface area contributed by atoms with Gasteiger partial charge in [0.15, 0.2) is 0 Å². The van der Waals surface area contributed by atoms with E-state index >= 15 is 0 Å². The molecule has 0 spiro atoms. The second-order valence-electron chi connectivity index (χ2n) is 8.26. The molecule has 0 saturated carbocycles. The zero-order chi connectivity index (χ0) is 26.3. The Balaban J connectivity index is 1.62. The highest BCUT2D eigenvalue weighted by atomic mass is 32.1. The lowest BCUT2D eigenvalue weighted by Crippen LogP contribution is -2.17. The van der Waals surface area contributed by atoms with Crippen molar-refractivity contribution in [3.63, 3.8) is 0 Å². The van der Waals surface area contributed by atoms with Gasteiger partial charge in [-0.1, -0.05) is 60.2 Å². The van der Waals surface area contributed by atoms with Crippen molar-refractivity contribution >= 4 is 39.1 Å². The van der Waals surface area contributed by atoms with Crippen LogP contribution < -0.4 is 11.1 Å². The summed E-state index contributed by atoms with van der Waals surface area (Å²) in [7, 11) is 0. The Morgan fingerprint density at radius 3 is 2.35 bits per heavy atom. The van der Waals surface area contributed by atoms with Crippen LogP contribution in [0.3, 0.4) is 0 Å². The molecule has 2 amide bonds. The van der Waals surface area contributed by atoms with Crippen molar-refractivity contribution in [2.45, 2.75) is 13.1 Å². The number of anilines is 1. The molecule has 3 heterocycles. The van der Waals surface area contributed by atoms with Crippen LogP contribution in [0, 0.1) is 6.92 Å². The van der Waals surface area contributed by atoms with E-state index in [-0.39, 0.29) is 32.0 Å². The van der Waals surface area contributed by atoms with Crippen LogP contribution in [0.4, 0.5) is 18.9 Å². The molecule has 0 aliphatic heterocycles. The molecule has 7 nitrogen and oxygen atoms in total. The van der Waals surface area contributed by atoms with Gasteiger partial charge in [0, 0.05) is 10.9 Å². The van der Waals surface area contributed by atoms with Gasteiger partial charge in [-0.15, -0.1) is 11.3 Å². The molecular weight excluding hydrogens is 503 g/mol. The number of fused-ring (bicyclic) bond motifs is 1. The minimum Gasteiger partial charge on any atom is -0.365 e. The molecule has 5 aromatic rings. The summed E-state index contributed by atoms with van der Waals surface area (Å²) in [5.74, 6) is -1.55. The predicted molar refractivity (Wildman–Crippen MR) is 135 cm³/mol. The summed E-state index contributed by atoms with van der Waals surface area (Å²) < 4.78 is 40.9. The van der Waals surface area contributed by atoms with Crippen molar-refractivity contribution in [1.82, 2.24) is 15.2 Å². The highest BCUT2D eigenvalue weighted by Crippen LogP contribution is 2.43. The largest absolute Gasteiger partial charge is 0.433 e. The lowest BCUT2D eigenvalue weighted by atomic mass is 10.0. The highest BCUT2D eigenvalue weighted by molar-refractivity contribution is 7.21. The number of halogens is 3. The first-order valence-corrected chi connectivity index (χ1v) is 11.8. The van der Waals surface area contributed by atoms with Crippen molar-refractivity contribution in [3.05, 3.63) is 88.6 Å². The number of rotatable bonds is 5. The van der Waals surface area contributed by atoms with Crippen molar-refractivity contribution in [2.24, 2.45) is 5.73 Å². The average Bonchev–Trinajstić information content (AvgIpc) is 3.50. The van der Waals surface area contributed by atoms with Gasteiger partial charge in [-0.25, -0.2) is 4.98 Å². The molecule has 0 bridgehead atoms. The van der Waals surface area contributed by atoms with E-state index < -0.39 is 23.7 Å². The maximum absolute atomic E-state index is 13.6. The van der Waals surface area contributed by atoms with Crippen LogP contribution in [0.5, 0.6) is 0 Å². The fourth-order valence-corrected chi connectivity index (χ4v) is 4.88. The number of pyridine rings is 1. The summed E-state index contributed by atoms with van der Waals surface area (Å²) in [5, 5.41) is 9.68. The molecule has 37 heavy (non-hydrogen) atoms. The van der Waals surface area contributed by atoms with E-state index in [0.29, 0.717) is 22.6 Å². The number of amides is 2. The third kappa shape index (κ3) is 4.68. The first-order valence-electron chi connectivity index (χ1n) is 11.0. The van der Waals surface area contributed by atoms with E-state index in [1.807, 2.05) is 31.2 Å². The number of aryl methyl sites for hydroxylation is 1. The van der Waals surface area contributed by atoms with Crippen LogP contribution >= 0.6 is 11.3 Å². The molecule has 2 aromatic carbocycles. The van der Waals surface area contributed by atoms with Crippen LogP contribution in [0.25, 0.3) is 32.6 Å². The second kappa shape index (κ2) is 9.17. The zero-order valence-electron chi connectivity index (χ0n) is 19.2. The van der Waals surface area contributed by atoms with Gasteiger partial charge in [-0.05, 0) is 30.2 Å². The lowest BCUT2D eigenvalue weighted by Gasteiger charge is -2.12. The first kappa shape index (κ1) is 24.2. The molecule has 0 fully saturated rings. The Hall–Kier alpha value is -4.51. The predicted octanol–water partition coefficient (Wildman–Crippen LogP) is 6.03. The molecule has 3 aromatic heterocycles. The Morgan fingerprint density at radius 2 is 1.70 bits per heavy atom. The van der Waals surface area contributed by atoms with Gasteiger partial charge < -0.3 is 11.1 Å². The molecule has 0 saturated heterocycles. The van der Waals surface area contributed by atoms with E-state index in [9.17, 15) is 22.8 Å². The molecule has 0 unspecified atom stereocenters. The number of hydrogen-bond acceptors (Lipinski definition) is 5. The van der Waals surface area contributed by atoms with Crippen molar-refractivity contribution in [3.8, 4) is 22.4 Å². The minimum atomic E-state index is -4.72. The number of aromatic amines is 1. The average molecular weight is 522 g/mol. The number of nitrogens with zero attached hydrogens (tertiary/aromatic N) is 2. The fourth-order valence-electron chi connectivity index (χ4n) is 3.87. The molecule has 11 heteroatoms. The lowest BCUT2D eigenvalue weighted by molar-refractivity contribution is -0.140. The van der Waals surface area contributed by atoms with Gasteiger partial charge in [-0.2, -0.15) is 18.3 Å². The van der Waals surface area contributed by atoms with E-state index in [4.69, 9.17) is 5.73 Å². The number of benzene rings is 2. The summed E-state index contributed by atoms with van der Waals surface area (Å²) in [6.45, 7) is 1.95. The summed E-state index contributed by atoms with van der Waals surface area (Å²) in [5.41, 5.74) is 7.49. The smallest absolute Gasteiger partial charge is 0.365 e. The zero-order valence-corrected chi connectivity index (χ0v) is 20.0. The fraction of sp³-hybridized carbons (Fsp3) is 0.0769. The monoisotopic (exact) mass is 521 g/mol. The number of alkyl halides is 3. The Bertz CT molecular complexity index is 1640. The third-order valence-corrected chi connectivity index (χ3v) is 6.77. The van der Waals surface area contributed by atoms with Gasteiger partial charge in [-0.3, -0.25) is 14.7 Å². The molecule has 0 aliphatic carbocycles. The maximum Gasteiger partial charge on any atom is 0.433 e. The number of aromatic nitrogens is 3.